The zero-order chi connectivity index (χ0) is 11.5. The highest BCUT2D eigenvalue weighted by atomic mass is 32.1. The van der Waals surface area contributed by atoms with Gasteiger partial charge in [0.15, 0.2) is 5.13 Å². The number of nitrogens with one attached hydrogen (secondary N) is 1. The van der Waals surface area contributed by atoms with Crippen LogP contribution >= 0.6 is 11.3 Å². The molecule has 1 heterocycles. The Labute approximate surface area is 99.0 Å². The molecular formula is C11H16N2O2S. The van der Waals surface area contributed by atoms with E-state index in [-0.39, 0.29) is 5.97 Å². The van der Waals surface area contributed by atoms with Crippen molar-refractivity contribution in [1.82, 2.24) is 4.98 Å². The van der Waals surface area contributed by atoms with Crippen LogP contribution in [0.2, 0.25) is 0 Å². The normalized spacial score (nSPS) is 22.9. The second-order valence-corrected chi connectivity index (χ2v) is 5.04. The van der Waals surface area contributed by atoms with Crippen molar-refractivity contribution in [2.24, 2.45) is 5.92 Å². The van der Waals surface area contributed by atoms with Gasteiger partial charge in [-0.15, -0.1) is 11.3 Å². The van der Waals surface area contributed by atoms with Crippen molar-refractivity contribution >= 4 is 22.4 Å². The fourth-order valence-corrected chi connectivity index (χ4v) is 2.31. The number of carbonyl (C=O) groups excluding carboxylic acids is 1. The van der Waals surface area contributed by atoms with Crippen molar-refractivity contribution in [1.29, 1.82) is 0 Å². The average Bonchev–Trinajstić information content (AvgIpc) is 2.79. The monoisotopic (exact) mass is 240 g/mol. The van der Waals surface area contributed by atoms with Crippen molar-refractivity contribution in [3.05, 3.63) is 11.1 Å². The molecule has 0 saturated heterocycles. The van der Waals surface area contributed by atoms with E-state index >= 15 is 0 Å². The summed E-state index contributed by atoms with van der Waals surface area (Å²) in [5.41, 5.74) is 0.964. The van der Waals surface area contributed by atoms with Crippen LogP contribution in [0.3, 0.4) is 0 Å². The third-order valence-electron chi connectivity index (χ3n) is 2.78. The molecule has 1 fully saturated rings. The van der Waals surface area contributed by atoms with Crippen LogP contribution in [-0.4, -0.2) is 24.1 Å². The lowest BCUT2D eigenvalue weighted by Crippen LogP contribution is -2.04. The predicted molar refractivity (Wildman–Crippen MR) is 63.6 cm³/mol. The summed E-state index contributed by atoms with van der Waals surface area (Å²) in [5, 5.41) is 6.34. The number of hydrogen-bond acceptors (Lipinski definition) is 5. The van der Waals surface area contributed by atoms with E-state index in [1.54, 1.807) is 11.3 Å². The van der Waals surface area contributed by atoms with Gasteiger partial charge in [0, 0.05) is 17.8 Å². The van der Waals surface area contributed by atoms with Gasteiger partial charge in [-0.05, 0) is 12.3 Å². The number of anilines is 1. The molecule has 88 valence electrons. The van der Waals surface area contributed by atoms with Gasteiger partial charge in [0.1, 0.15) is 0 Å². The van der Waals surface area contributed by atoms with Crippen molar-refractivity contribution in [3.8, 4) is 0 Å². The SMILES string of the molecule is COC(=O)CCc1csc(NC2CC2C)n1. The number of carbonyl (C=O) groups is 1. The number of esters is 1. The van der Waals surface area contributed by atoms with Crippen LogP contribution in [0.4, 0.5) is 5.13 Å². The molecule has 1 aliphatic carbocycles. The third-order valence-corrected chi connectivity index (χ3v) is 3.61. The molecular weight excluding hydrogens is 224 g/mol. The van der Waals surface area contributed by atoms with Gasteiger partial charge in [0.2, 0.25) is 0 Å². The molecule has 2 atom stereocenters. The van der Waals surface area contributed by atoms with E-state index in [1.807, 2.05) is 5.38 Å². The van der Waals surface area contributed by atoms with E-state index < -0.39 is 0 Å². The maximum absolute atomic E-state index is 11.0. The summed E-state index contributed by atoms with van der Waals surface area (Å²) in [4.78, 5) is 15.4. The first kappa shape index (κ1) is 11.4. The number of ether oxygens (including phenoxy) is 1. The summed E-state index contributed by atoms with van der Waals surface area (Å²) in [6.07, 6.45) is 2.29. The van der Waals surface area contributed by atoms with E-state index in [2.05, 4.69) is 22.0 Å². The number of aromatic nitrogens is 1. The molecule has 1 aromatic heterocycles. The quantitative estimate of drug-likeness (QED) is 0.800. The lowest BCUT2D eigenvalue weighted by Gasteiger charge is -1.98. The molecule has 1 aliphatic rings. The molecule has 1 N–H and O–H groups in total. The Morgan fingerprint density at radius 3 is 3.12 bits per heavy atom. The summed E-state index contributed by atoms with van der Waals surface area (Å²) in [6, 6.07) is 0.597. The largest absolute Gasteiger partial charge is 0.469 e. The van der Waals surface area contributed by atoms with Gasteiger partial charge in [-0.2, -0.15) is 0 Å². The Balaban J connectivity index is 1.80. The Kier molecular flexibility index (Phi) is 3.43. The Bertz CT molecular complexity index is 378. The van der Waals surface area contributed by atoms with E-state index in [4.69, 9.17) is 0 Å². The summed E-state index contributed by atoms with van der Waals surface area (Å²) in [6.45, 7) is 2.23. The molecule has 0 radical (unpaired) electrons. The van der Waals surface area contributed by atoms with Gasteiger partial charge in [-0.1, -0.05) is 6.92 Å². The van der Waals surface area contributed by atoms with Gasteiger partial charge in [-0.3, -0.25) is 4.79 Å². The Hall–Kier alpha value is -1.10. The van der Waals surface area contributed by atoms with Gasteiger partial charge in [0.25, 0.3) is 0 Å². The molecule has 0 bridgehead atoms. The second-order valence-electron chi connectivity index (χ2n) is 4.18. The molecule has 2 unspecified atom stereocenters. The molecule has 0 aliphatic heterocycles. The van der Waals surface area contributed by atoms with Crippen molar-refractivity contribution in [3.63, 3.8) is 0 Å². The number of aryl methyl sites for hydroxylation is 1. The average molecular weight is 240 g/mol. The molecule has 2 rings (SSSR count). The lowest BCUT2D eigenvalue weighted by atomic mass is 10.2. The van der Waals surface area contributed by atoms with E-state index in [0.29, 0.717) is 18.9 Å². The highest BCUT2D eigenvalue weighted by Crippen LogP contribution is 2.33. The molecule has 0 aromatic carbocycles. The predicted octanol–water partition coefficient (Wildman–Crippen LogP) is 2.07. The minimum atomic E-state index is -0.182. The maximum Gasteiger partial charge on any atom is 0.305 e. The molecule has 1 saturated carbocycles. The first-order chi connectivity index (χ1) is 7.69. The molecule has 5 heteroatoms. The van der Waals surface area contributed by atoms with Crippen molar-refractivity contribution in [2.45, 2.75) is 32.2 Å². The Morgan fingerprint density at radius 2 is 2.50 bits per heavy atom. The first-order valence-corrected chi connectivity index (χ1v) is 6.34. The lowest BCUT2D eigenvalue weighted by molar-refractivity contribution is -0.140. The summed E-state index contributed by atoms with van der Waals surface area (Å²) >= 11 is 1.60. The van der Waals surface area contributed by atoms with Crippen LogP contribution in [0.1, 0.15) is 25.5 Å². The van der Waals surface area contributed by atoms with Crippen molar-refractivity contribution < 1.29 is 9.53 Å². The smallest absolute Gasteiger partial charge is 0.305 e. The van der Waals surface area contributed by atoms with Crippen LogP contribution in [0.15, 0.2) is 5.38 Å². The number of nitrogens with zero attached hydrogens (tertiary/aromatic N) is 1. The summed E-state index contributed by atoms with van der Waals surface area (Å²) in [5.74, 6) is 0.584. The van der Waals surface area contributed by atoms with Gasteiger partial charge in [0.05, 0.1) is 19.2 Å². The zero-order valence-electron chi connectivity index (χ0n) is 9.53. The second kappa shape index (κ2) is 4.82. The van der Waals surface area contributed by atoms with Crippen LogP contribution in [0.5, 0.6) is 0 Å². The van der Waals surface area contributed by atoms with Crippen LogP contribution in [0.25, 0.3) is 0 Å². The minimum absolute atomic E-state index is 0.182. The highest BCUT2D eigenvalue weighted by molar-refractivity contribution is 7.13. The highest BCUT2D eigenvalue weighted by Gasteiger charge is 2.32. The van der Waals surface area contributed by atoms with Crippen LogP contribution in [-0.2, 0) is 16.0 Å². The third kappa shape index (κ3) is 2.95. The number of methoxy groups -OCH3 is 1. The fourth-order valence-electron chi connectivity index (χ4n) is 1.50. The molecule has 1 aromatic rings. The summed E-state index contributed by atoms with van der Waals surface area (Å²) < 4.78 is 4.59. The Morgan fingerprint density at radius 1 is 1.75 bits per heavy atom. The van der Waals surface area contributed by atoms with Crippen LogP contribution < -0.4 is 5.32 Å². The topological polar surface area (TPSA) is 51.2 Å². The first-order valence-electron chi connectivity index (χ1n) is 5.47. The van der Waals surface area contributed by atoms with Crippen LogP contribution in [0, 0.1) is 5.92 Å². The van der Waals surface area contributed by atoms with Gasteiger partial charge >= 0.3 is 5.97 Å². The molecule has 0 amide bonds. The number of hydrogen-bond donors (Lipinski definition) is 1. The van der Waals surface area contributed by atoms with E-state index in [0.717, 1.165) is 16.7 Å². The minimum Gasteiger partial charge on any atom is -0.469 e. The number of rotatable bonds is 5. The standard InChI is InChI=1S/C11H16N2O2S/c1-7-5-9(7)13-11-12-8(6-16-11)3-4-10(14)15-2/h6-7,9H,3-5H2,1-2H3,(H,12,13). The summed E-state index contributed by atoms with van der Waals surface area (Å²) in [7, 11) is 1.41. The maximum atomic E-state index is 11.0. The van der Waals surface area contributed by atoms with Crippen molar-refractivity contribution in [2.75, 3.05) is 12.4 Å². The van der Waals surface area contributed by atoms with Gasteiger partial charge < -0.3 is 10.1 Å². The molecule has 16 heavy (non-hydrogen) atoms. The number of thiazole rings is 1. The van der Waals surface area contributed by atoms with Gasteiger partial charge in [-0.25, -0.2) is 4.98 Å². The van der Waals surface area contributed by atoms with E-state index in [9.17, 15) is 4.79 Å². The molecule has 4 nitrogen and oxygen atoms in total. The molecule has 0 spiro atoms. The van der Waals surface area contributed by atoms with E-state index in [1.165, 1.54) is 13.5 Å². The zero-order valence-corrected chi connectivity index (χ0v) is 10.3. The fraction of sp³-hybridized carbons (Fsp3) is 0.636.